The number of carboxylic acids is 1. The highest BCUT2D eigenvalue weighted by molar-refractivity contribution is 8.18. The van der Waals surface area contributed by atoms with E-state index in [1.54, 1.807) is 0 Å². The summed E-state index contributed by atoms with van der Waals surface area (Å²) in [4.78, 5) is 29.5. The molecule has 23 heavy (non-hydrogen) atoms. The molecule has 0 aromatic carbocycles. The van der Waals surface area contributed by atoms with Crippen molar-refractivity contribution < 1.29 is 27.9 Å². The average Bonchev–Trinajstić information content (AvgIpc) is 2.52. The molecule has 6 nitrogen and oxygen atoms in total. The van der Waals surface area contributed by atoms with Gasteiger partial charge in [0.25, 0.3) is 0 Å². The highest BCUT2D eigenvalue weighted by Crippen LogP contribution is 2.31. The first kappa shape index (κ1) is 17.9. The molecule has 0 unspecified atom stereocenters. The normalized spacial score (nSPS) is 16.1. The van der Waals surface area contributed by atoms with Gasteiger partial charge in [0.15, 0.2) is 5.69 Å². The van der Waals surface area contributed by atoms with E-state index in [2.05, 4.69) is 15.3 Å². The summed E-state index contributed by atoms with van der Waals surface area (Å²) in [5.74, 6) is -0.649. The number of alkyl halides is 3. The molecule has 2 heterocycles. The summed E-state index contributed by atoms with van der Waals surface area (Å²) in [5, 5.41) is 11.2. The Hall–Kier alpha value is -1.49. The topological polar surface area (TPSA) is 92.2 Å². The molecule has 1 aliphatic rings. The minimum atomic E-state index is -4.91. The van der Waals surface area contributed by atoms with Gasteiger partial charge in [-0.1, -0.05) is 0 Å². The van der Waals surface area contributed by atoms with Gasteiger partial charge in [-0.2, -0.15) is 13.2 Å². The molecule has 0 spiro atoms. The number of nitrogens with one attached hydrogen (secondary N) is 1. The van der Waals surface area contributed by atoms with E-state index in [0.29, 0.717) is 6.20 Å². The Morgan fingerprint density at radius 3 is 2.57 bits per heavy atom. The van der Waals surface area contributed by atoms with Gasteiger partial charge in [0.2, 0.25) is 5.91 Å². The number of carbonyl (C=O) groups is 2. The van der Waals surface area contributed by atoms with Crippen molar-refractivity contribution in [2.24, 2.45) is 0 Å². The number of aromatic carboxylic acids is 1. The molecule has 1 amide bonds. The van der Waals surface area contributed by atoms with Crippen molar-refractivity contribution in [2.45, 2.75) is 23.7 Å². The van der Waals surface area contributed by atoms with Crippen molar-refractivity contribution in [3.8, 4) is 0 Å². The number of nitrogens with zero attached hydrogens (tertiary/aromatic N) is 2. The Bertz CT molecular complexity index is 607. The molecule has 126 valence electrons. The zero-order valence-corrected chi connectivity index (χ0v) is 13.2. The lowest BCUT2D eigenvalue weighted by molar-refractivity contribution is -0.141. The molecule has 2 rings (SSSR count). The summed E-state index contributed by atoms with van der Waals surface area (Å²) >= 11 is 2.95. The largest absolute Gasteiger partial charge is 0.478 e. The first-order chi connectivity index (χ1) is 10.8. The van der Waals surface area contributed by atoms with E-state index < -0.39 is 23.4 Å². The van der Waals surface area contributed by atoms with Crippen LogP contribution in [0.4, 0.5) is 13.2 Å². The average molecular weight is 367 g/mol. The quantitative estimate of drug-likeness (QED) is 0.841. The third-order valence-corrected chi connectivity index (χ3v) is 5.70. The zero-order valence-electron chi connectivity index (χ0n) is 11.6. The molecule has 0 saturated carbocycles. The number of thioether (sulfide) groups is 2. The second-order valence-corrected chi connectivity index (χ2v) is 7.22. The fraction of sp³-hybridized carbons (Fsp3) is 0.500. The molecule has 1 aromatic rings. The van der Waals surface area contributed by atoms with Gasteiger partial charge in [-0.3, -0.25) is 4.79 Å². The maximum absolute atomic E-state index is 12.8. The van der Waals surface area contributed by atoms with Gasteiger partial charge < -0.3 is 10.4 Å². The smallest absolute Gasteiger partial charge is 0.434 e. The van der Waals surface area contributed by atoms with Crippen LogP contribution in [0.15, 0.2) is 6.20 Å². The Morgan fingerprint density at radius 1 is 1.35 bits per heavy atom. The number of rotatable bonds is 4. The Balaban J connectivity index is 2.08. The highest BCUT2D eigenvalue weighted by Gasteiger charge is 2.38. The fourth-order valence-corrected chi connectivity index (χ4v) is 4.43. The minimum Gasteiger partial charge on any atom is -0.478 e. The number of carbonyl (C=O) groups excluding carboxylic acids is 1. The first-order valence-corrected chi connectivity index (χ1v) is 8.56. The second-order valence-electron chi connectivity index (χ2n) is 4.50. The fourth-order valence-electron chi connectivity index (χ4n) is 1.76. The van der Waals surface area contributed by atoms with Crippen molar-refractivity contribution in [3.63, 3.8) is 0 Å². The van der Waals surface area contributed by atoms with E-state index in [4.69, 9.17) is 5.11 Å². The summed E-state index contributed by atoms with van der Waals surface area (Å²) in [6, 6.07) is 0. The first-order valence-electron chi connectivity index (χ1n) is 6.46. The van der Waals surface area contributed by atoms with Crippen LogP contribution in [0, 0.1) is 0 Å². The Morgan fingerprint density at radius 2 is 2.00 bits per heavy atom. The molecular weight excluding hydrogens is 355 g/mol. The monoisotopic (exact) mass is 367 g/mol. The molecule has 1 aliphatic heterocycles. The summed E-state index contributed by atoms with van der Waals surface area (Å²) in [5.41, 5.74) is -2.54. The molecule has 0 atom stereocenters. The SMILES string of the molecule is O=C(O)c1cnc(CNC(=O)C2SCCCS2)nc1C(F)(F)F. The van der Waals surface area contributed by atoms with Crippen LogP contribution in [0.1, 0.15) is 28.3 Å². The maximum Gasteiger partial charge on any atom is 0.434 e. The summed E-state index contributed by atoms with van der Waals surface area (Å²) in [7, 11) is 0. The molecule has 1 saturated heterocycles. The van der Waals surface area contributed by atoms with E-state index in [-0.39, 0.29) is 22.9 Å². The van der Waals surface area contributed by atoms with E-state index in [1.807, 2.05) is 0 Å². The van der Waals surface area contributed by atoms with Crippen molar-refractivity contribution >= 4 is 35.4 Å². The van der Waals surface area contributed by atoms with Gasteiger partial charge in [0, 0.05) is 6.20 Å². The number of halogens is 3. The van der Waals surface area contributed by atoms with Gasteiger partial charge in [0.05, 0.1) is 6.54 Å². The van der Waals surface area contributed by atoms with Gasteiger partial charge >= 0.3 is 12.1 Å². The van der Waals surface area contributed by atoms with Crippen LogP contribution in [0.3, 0.4) is 0 Å². The molecule has 0 aliphatic carbocycles. The summed E-state index contributed by atoms with van der Waals surface area (Å²) < 4.78 is 38.2. The lowest BCUT2D eigenvalue weighted by atomic mass is 10.2. The minimum absolute atomic E-state index is 0.290. The van der Waals surface area contributed by atoms with Crippen LogP contribution in [0.25, 0.3) is 0 Å². The zero-order chi connectivity index (χ0) is 17.0. The van der Waals surface area contributed by atoms with Crippen LogP contribution in [-0.2, 0) is 17.5 Å². The van der Waals surface area contributed by atoms with Crippen molar-refractivity contribution in [1.82, 2.24) is 15.3 Å². The van der Waals surface area contributed by atoms with Crippen molar-refractivity contribution in [2.75, 3.05) is 11.5 Å². The molecule has 2 N–H and O–H groups in total. The third-order valence-electron chi connectivity index (χ3n) is 2.80. The van der Waals surface area contributed by atoms with Gasteiger partial charge in [-0.15, -0.1) is 23.5 Å². The van der Waals surface area contributed by atoms with Crippen LogP contribution in [0.5, 0.6) is 0 Å². The second kappa shape index (κ2) is 7.39. The predicted molar refractivity (Wildman–Crippen MR) is 79.2 cm³/mol. The van der Waals surface area contributed by atoms with Crippen molar-refractivity contribution in [3.05, 3.63) is 23.3 Å². The van der Waals surface area contributed by atoms with Gasteiger partial charge in [0.1, 0.15) is 16.0 Å². The van der Waals surface area contributed by atoms with E-state index in [1.165, 1.54) is 23.5 Å². The standard InChI is InChI=1S/C12H12F3N3O3S2/c13-12(14,15)8-6(10(20)21)4-16-7(18-8)5-17-9(19)11-22-2-1-3-23-11/h4,11H,1-3,5H2,(H,17,19)(H,20,21). The number of amides is 1. The van der Waals surface area contributed by atoms with E-state index in [0.717, 1.165) is 17.9 Å². The molecule has 0 bridgehead atoms. The summed E-state index contributed by atoms with van der Waals surface area (Å²) in [6.07, 6.45) is -3.30. The van der Waals surface area contributed by atoms with Gasteiger partial charge in [-0.05, 0) is 17.9 Å². The van der Waals surface area contributed by atoms with Crippen molar-refractivity contribution in [1.29, 1.82) is 0 Å². The molecule has 1 fully saturated rings. The maximum atomic E-state index is 12.8. The lowest BCUT2D eigenvalue weighted by Crippen LogP contribution is -2.33. The van der Waals surface area contributed by atoms with Crippen LogP contribution in [-0.4, -0.2) is 43.0 Å². The number of carboxylic acid groups (broad SMARTS) is 1. The van der Waals surface area contributed by atoms with E-state index in [9.17, 15) is 22.8 Å². The van der Waals surface area contributed by atoms with Crippen LogP contribution >= 0.6 is 23.5 Å². The lowest BCUT2D eigenvalue weighted by Gasteiger charge is -2.19. The number of hydrogen-bond acceptors (Lipinski definition) is 6. The Labute approximate surface area is 137 Å². The number of hydrogen-bond donors (Lipinski definition) is 2. The third kappa shape index (κ3) is 4.74. The summed E-state index contributed by atoms with van der Waals surface area (Å²) in [6.45, 7) is -0.292. The highest BCUT2D eigenvalue weighted by atomic mass is 32.2. The van der Waals surface area contributed by atoms with E-state index >= 15 is 0 Å². The van der Waals surface area contributed by atoms with Gasteiger partial charge in [-0.25, -0.2) is 14.8 Å². The van der Waals surface area contributed by atoms with Crippen LogP contribution < -0.4 is 5.32 Å². The molecule has 11 heteroatoms. The predicted octanol–water partition coefficient (Wildman–Crippen LogP) is 2.01. The molecular formula is C12H12F3N3O3S2. The molecule has 0 radical (unpaired) electrons. The molecule has 1 aromatic heterocycles. The number of aromatic nitrogens is 2. The Kier molecular flexibility index (Phi) is 5.74. The van der Waals surface area contributed by atoms with Crippen LogP contribution in [0.2, 0.25) is 0 Å².